The lowest BCUT2D eigenvalue weighted by Gasteiger charge is -2.09. The molecular formula is C22H21N5O2. The van der Waals surface area contributed by atoms with Crippen LogP contribution in [-0.4, -0.2) is 31.9 Å². The Morgan fingerprint density at radius 3 is 2.72 bits per heavy atom. The van der Waals surface area contributed by atoms with E-state index in [9.17, 15) is 0 Å². The van der Waals surface area contributed by atoms with Crippen LogP contribution < -0.4 is 9.47 Å². The number of ether oxygens (including phenoxy) is 2. The van der Waals surface area contributed by atoms with E-state index < -0.39 is 0 Å². The predicted octanol–water partition coefficient (Wildman–Crippen LogP) is 3.66. The molecule has 4 rings (SSSR count). The molecule has 0 N–H and O–H groups in total. The fraction of sp³-hybridized carbons (Fsp3) is 0.273. The maximum atomic E-state index is 6.02. The average molecular weight is 387 g/mol. The lowest BCUT2D eigenvalue weighted by molar-refractivity contribution is 0.296. The van der Waals surface area contributed by atoms with E-state index in [4.69, 9.17) is 9.47 Å². The Hall–Kier alpha value is -3.66. The third kappa shape index (κ3) is 4.11. The van der Waals surface area contributed by atoms with Crippen LogP contribution >= 0.6 is 0 Å². The zero-order valence-corrected chi connectivity index (χ0v) is 16.8. The van der Waals surface area contributed by atoms with Crippen molar-refractivity contribution in [2.24, 2.45) is 5.41 Å². The van der Waals surface area contributed by atoms with E-state index in [2.05, 4.69) is 52.9 Å². The van der Waals surface area contributed by atoms with Crippen molar-refractivity contribution in [1.82, 2.24) is 24.8 Å². The van der Waals surface area contributed by atoms with E-state index in [-0.39, 0.29) is 12.0 Å². The molecule has 0 amide bonds. The molecule has 3 aromatic heterocycles. The number of pyridine rings is 1. The molecule has 29 heavy (non-hydrogen) atoms. The maximum Gasteiger partial charge on any atom is 0.192 e. The van der Waals surface area contributed by atoms with Crippen molar-refractivity contribution in [2.45, 2.75) is 27.4 Å². The van der Waals surface area contributed by atoms with Gasteiger partial charge in [0, 0.05) is 23.1 Å². The van der Waals surface area contributed by atoms with Crippen LogP contribution in [0.3, 0.4) is 0 Å². The van der Waals surface area contributed by atoms with Crippen molar-refractivity contribution < 1.29 is 9.47 Å². The van der Waals surface area contributed by atoms with E-state index in [0.717, 1.165) is 16.7 Å². The average Bonchev–Trinajstić information content (AvgIpc) is 3.12. The number of benzene rings is 1. The summed E-state index contributed by atoms with van der Waals surface area (Å²) in [5.74, 6) is 8.34. The van der Waals surface area contributed by atoms with Crippen molar-refractivity contribution in [2.75, 3.05) is 7.11 Å². The van der Waals surface area contributed by atoms with Gasteiger partial charge in [-0.2, -0.15) is 9.61 Å². The number of methoxy groups -OCH3 is 1. The van der Waals surface area contributed by atoms with Crippen molar-refractivity contribution in [3.8, 4) is 23.3 Å². The van der Waals surface area contributed by atoms with Gasteiger partial charge in [-0.1, -0.05) is 5.92 Å². The quantitative estimate of drug-likeness (QED) is 0.498. The van der Waals surface area contributed by atoms with E-state index in [1.54, 1.807) is 17.8 Å². The van der Waals surface area contributed by atoms with E-state index in [1.807, 2.05) is 36.4 Å². The Kier molecular flexibility index (Phi) is 4.77. The Labute approximate surface area is 168 Å². The van der Waals surface area contributed by atoms with Gasteiger partial charge >= 0.3 is 0 Å². The molecule has 0 spiro atoms. The zero-order chi connectivity index (χ0) is 20.4. The molecule has 0 aliphatic rings. The molecule has 146 valence electrons. The van der Waals surface area contributed by atoms with Crippen LogP contribution in [0.4, 0.5) is 0 Å². The van der Waals surface area contributed by atoms with Crippen molar-refractivity contribution in [1.29, 1.82) is 0 Å². The lowest BCUT2D eigenvalue weighted by Crippen LogP contribution is -2.05. The topological polar surface area (TPSA) is 74.4 Å². The Morgan fingerprint density at radius 2 is 1.93 bits per heavy atom. The predicted molar refractivity (Wildman–Crippen MR) is 110 cm³/mol. The third-order valence-corrected chi connectivity index (χ3v) is 4.16. The monoisotopic (exact) mass is 387 g/mol. The van der Waals surface area contributed by atoms with Crippen LogP contribution in [0, 0.1) is 17.3 Å². The third-order valence-electron chi connectivity index (χ3n) is 4.16. The fourth-order valence-electron chi connectivity index (χ4n) is 2.74. The Bertz CT molecular complexity index is 1250. The Morgan fingerprint density at radius 1 is 1.07 bits per heavy atom. The molecule has 0 aliphatic carbocycles. The molecule has 4 aromatic rings. The first-order valence-electron chi connectivity index (χ1n) is 9.23. The normalized spacial score (nSPS) is 11.3. The smallest absolute Gasteiger partial charge is 0.192 e. The number of nitrogens with zero attached hydrogens (tertiary/aromatic N) is 5. The number of aromatic nitrogens is 5. The summed E-state index contributed by atoms with van der Waals surface area (Å²) in [5, 5.41) is 13.8. The molecule has 0 atom stereocenters. The van der Waals surface area contributed by atoms with Crippen molar-refractivity contribution in [3.05, 3.63) is 54.1 Å². The molecule has 0 unspecified atom stereocenters. The molecule has 3 heterocycles. The van der Waals surface area contributed by atoms with Crippen molar-refractivity contribution >= 4 is 16.6 Å². The molecule has 0 fully saturated rings. The second kappa shape index (κ2) is 7.40. The second-order valence-electron chi connectivity index (χ2n) is 7.59. The van der Waals surface area contributed by atoms with Crippen LogP contribution in [-0.2, 0) is 6.61 Å². The minimum absolute atomic E-state index is 0.0964. The highest BCUT2D eigenvalue weighted by Gasteiger charge is 2.11. The van der Waals surface area contributed by atoms with Gasteiger partial charge in [-0.3, -0.25) is 4.98 Å². The standard InChI is InChI=1S/C22H21N5O2/c1-22(2,3)11-9-15-5-8-20-24-25-21(27(20)26-15)14-29-19-10-12-23-18-13-16(28-4)6-7-17(18)19/h5-8,10,12-13H,14H2,1-4H3. The van der Waals surface area contributed by atoms with E-state index in [1.165, 1.54) is 0 Å². The van der Waals surface area contributed by atoms with E-state index >= 15 is 0 Å². The minimum Gasteiger partial charge on any atom is -0.497 e. The fourth-order valence-corrected chi connectivity index (χ4v) is 2.74. The SMILES string of the molecule is COc1ccc2c(OCc3nnc4ccc(C#CC(C)(C)C)nn34)ccnc2c1. The first-order chi connectivity index (χ1) is 13.9. The van der Waals surface area contributed by atoms with Gasteiger partial charge in [0.1, 0.15) is 23.8 Å². The van der Waals surface area contributed by atoms with Gasteiger partial charge in [-0.15, -0.1) is 10.2 Å². The van der Waals surface area contributed by atoms with Crippen LogP contribution in [0.15, 0.2) is 42.6 Å². The molecule has 0 saturated heterocycles. The zero-order valence-electron chi connectivity index (χ0n) is 16.8. The largest absolute Gasteiger partial charge is 0.497 e. The summed E-state index contributed by atoms with van der Waals surface area (Å²) in [6.45, 7) is 6.40. The van der Waals surface area contributed by atoms with Crippen molar-refractivity contribution in [3.63, 3.8) is 0 Å². The van der Waals surface area contributed by atoms with Crippen LogP contribution in [0.1, 0.15) is 32.3 Å². The molecule has 1 aromatic carbocycles. The first-order valence-corrected chi connectivity index (χ1v) is 9.23. The van der Waals surface area contributed by atoms with Gasteiger partial charge in [-0.25, -0.2) is 0 Å². The molecule has 0 aliphatic heterocycles. The second-order valence-corrected chi connectivity index (χ2v) is 7.59. The summed E-state index contributed by atoms with van der Waals surface area (Å²) >= 11 is 0. The van der Waals surface area contributed by atoms with Crippen LogP contribution in [0.5, 0.6) is 11.5 Å². The highest BCUT2D eigenvalue weighted by Crippen LogP contribution is 2.27. The van der Waals surface area contributed by atoms with Gasteiger partial charge < -0.3 is 9.47 Å². The number of fused-ring (bicyclic) bond motifs is 2. The molecular weight excluding hydrogens is 366 g/mol. The Balaban J connectivity index is 1.61. The van der Waals surface area contributed by atoms with Gasteiger partial charge in [0.2, 0.25) is 0 Å². The highest BCUT2D eigenvalue weighted by molar-refractivity contribution is 5.85. The number of hydrogen-bond acceptors (Lipinski definition) is 6. The molecule has 0 radical (unpaired) electrons. The van der Waals surface area contributed by atoms with Crippen LogP contribution in [0.25, 0.3) is 16.6 Å². The summed E-state index contributed by atoms with van der Waals surface area (Å²) < 4.78 is 12.9. The summed E-state index contributed by atoms with van der Waals surface area (Å²) in [6, 6.07) is 11.2. The molecule has 0 saturated carbocycles. The number of rotatable bonds is 4. The van der Waals surface area contributed by atoms with E-state index in [0.29, 0.717) is 22.9 Å². The number of hydrogen-bond donors (Lipinski definition) is 0. The highest BCUT2D eigenvalue weighted by atomic mass is 16.5. The molecule has 7 nitrogen and oxygen atoms in total. The van der Waals surface area contributed by atoms with Gasteiger partial charge in [0.15, 0.2) is 11.5 Å². The first kappa shape index (κ1) is 18.7. The van der Waals surface area contributed by atoms with Gasteiger partial charge in [-0.05, 0) is 57.0 Å². The summed E-state index contributed by atoms with van der Waals surface area (Å²) in [7, 11) is 1.63. The minimum atomic E-state index is -0.0964. The van der Waals surface area contributed by atoms with Gasteiger partial charge in [0.25, 0.3) is 0 Å². The molecule has 0 bridgehead atoms. The molecule has 7 heteroatoms. The van der Waals surface area contributed by atoms with Gasteiger partial charge in [0.05, 0.1) is 12.6 Å². The summed E-state index contributed by atoms with van der Waals surface area (Å²) in [5.41, 5.74) is 2.01. The summed E-state index contributed by atoms with van der Waals surface area (Å²) in [4.78, 5) is 4.38. The maximum absolute atomic E-state index is 6.02. The summed E-state index contributed by atoms with van der Waals surface area (Å²) in [6.07, 6.45) is 1.71. The van der Waals surface area contributed by atoms with Crippen LogP contribution in [0.2, 0.25) is 0 Å². The lowest BCUT2D eigenvalue weighted by atomic mass is 9.98.